The number of thioether (sulfide) groups is 1. The Bertz CT molecular complexity index is 377. The molecule has 1 unspecified atom stereocenters. The van der Waals surface area contributed by atoms with Crippen LogP contribution in [-0.2, 0) is 0 Å². The van der Waals surface area contributed by atoms with Gasteiger partial charge in [-0.15, -0.1) is 0 Å². The highest BCUT2D eigenvalue weighted by Crippen LogP contribution is 2.18. The lowest BCUT2D eigenvalue weighted by Gasteiger charge is -2.27. The molecule has 1 aromatic heterocycles. The van der Waals surface area contributed by atoms with Crippen LogP contribution in [0.25, 0.3) is 0 Å². The lowest BCUT2D eigenvalue weighted by atomic mass is 10.2. The molecule has 0 saturated carbocycles. The van der Waals surface area contributed by atoms with Crippen molar-refractivity contribution in [3.63, 3.8) is 0 Å². The number of nitrogens with one attached hydrogen (secondary N) is 2. The lowest BCUT2D eigenvalue weighted by Crippen LogP contribution is -2.49. The number of carbonyl (C=O) groups excluding carboxylic acids is 1. The first-order chi connectivity index (χ1) is 8.66. The first kappa shape index (κ1) is 13.3. The van der Waals surface area contributed by atoms with Gasteiger partial charge >= 0.3 is 6.03 Å². The second-order valence-electron chi connectivity index (χ2n) is 4.58. The summed E-state index contributed by atoms with van der Waals surface area (Å²) in [5, 5.41) is 5.83. The third kappa shape index (κ3) is 3.43. The molecule has 2 heterocycles. The highest BCUT2D eigenvalue weighted by Gasteiger charge is 2.21. The molecule has 0 aromatic carbocycles. The zero-order chi connectivity index (χ0) is 13.0. The molecule has 0 bridgehead atoms. The van der Waals surface area contributed by atoms with E-state index in [4.69, 9.17) is 4.42 Å². The van der Waals surface area contributed by atoms with Crippen molar-refractivity contribution in [2.75, 3.05) is 32.1 Å². The van der Waals surface area contributed by atoms with E-state index < -0.39 is 0 Å². The standard InChI is InChI=1S/C12H19N3O2S/c1-15(2)10(11-4-3-5-17-11)6-13-12(16)14-9-7-18-8-9/h3-5,9-10H,6-8H2,1-2H3,(H2,13,14,16). The average Bonchev–Trinajstić information content (AvgIpc) is 2.77. The van der Waals surface area contributed by atoms with Gasteiger partial charge in [0.1, 0.15) is 5.76 Å². The number of furan rings is 1. The SMILES string of the molecule is CN(C)C(CNC(=O)NC1CSC1)c1ccco1. The minimum absolute atomic E-state index is 0.0570. The molecule has 1 aliphatic heterocycles. The van der Waals surface area contributed by atoms with Crippen LogP contribution >= 0.6 is 11.8 Å². The van der Waals surface area contributed by atoms with E-state index in [1.165, 1.54) is 0 Å². The van der Waals surface area contributed by atoms with E-state index in [2.05, 4.69) is 10.6 Å². The van der Waals surface area contributed by atoms with E-state index in [0.717, 1.165) is 17.3 Å². The molecule has 0 radical (unpaired) electrons. The van der Waals surface area contributed by atoms with Gasteiger partial charge in [-0.3, -0.25) is 4.90 Å². The predicted molar refractivity (Wildman–Crippen MR) is 72.8 cm³/mol. The van der Waals surface area contributed by atoms with Crippen molar-refractivity contribution < 1.29 is 9.21 Å². The number of carbonyl (C=O) groups is 1. The zero-order valence-corrected chi connectivity index (χ0v) is 11.5. The Kier molecular flexibility index (Phi) is 4.54. The van der Waals surface area contributed by atoms with Crippen LogP contribution in [0.1, 0.15) is 11.8 Å². The summed E-state index contributed by atoms with van der Waals surface area (Å²) >= 11 is 1.85. The van der Waals surface area contributed by atoms with Crippen molar-refractivity contribution in [3.8, 4) is 0 Å². The summed E-state index contributed by atoms with van der Waals surface area (Å²) in [6.45, 7) is 0.534. The normalized spacial score (nSPS) is 17.3. The van der Waals surface area contributed by atoms with Crippen LogP contribution in [0.3, 0.4) is 0 Å². The van der Waals surface area contributed by atoms with Gasteiger partial charge in [-0.05, 0) is 26.2 Å². The number of hydrogen-bond donors (Lipinski definition) is 2. The monoisotopic (exact) mass is 269 g/mol. The Morgan fingerprint density at radius 1 is 1.61 bits per heavy atom. The summed E-state index contributed by atoms with van der Waals surface area (Å²) in [7, 11) is 3.94. The number of amides is 2. The Morgan fingerprint density at radius 3 is 2.89 bits per heavy atom. The maximum atomic E-state index is 11.7. The number of urea groups is 1. The van der Waals surface area contributed by atoms with Crippen LogP contribution in [0.15, 0.2) is 22.8 Å². The molecular formula is C12H19N3O2S. The molecule has 5 nitrogen and oxygen atoms in total. The minimum atomic E-state index is -0.0984. The third-order valence-electron chi connectivity index (χ3n) is 2.92. The molecule has 1 atom stereocenters. The highest BCUT2D eigenvalue weighted by molar-refractivity contribution is 8.00. The van der Waals surface area contributed by atoms with Gasteiger partial charge in [0.25, 0.3) is 0 Å². The van der Waals surface area contributed by atoms with Crippen LogP contribution in [0.2, 0.25) is 0 Å². The molecule has 1 saturated heterocycles. The number of nitrogens with zero attached hydrogens (tertiary/aromatic N) is 1. The Hall–Kier alpha value is -1.14. The van der Waals surface area contributed by atoms with E-state index in [1.807, 2.05) is 42.9 Å². The largest absolute Gasteiger partial charge is 0.468 e. The van der Waals surface area contributed by atoms with E-state index in [0.29, 0.717) is 12.6 Å². The van der Waals surface area contributed by atoms with Crippen LogP contribution in [0.5, 0.6) is 0 Å². The van der Waals surface area contributed by atoms with Gasteiger partial charge in [0, 0.05) is 24.1 Å². The fourth-order valence-corrected chi connectivity index (χ4v) is 2.40. The van der Waals surface area contributed by atoms with Gasteiger partial charge in [-0.25, -0.2) is 4.79 Å². The molecule has 100 valence electrons. The van der Waals surface area contributed by atoms with Gasteiger partial charge in [0.2, 0.25) is 0 Å². The molecule has 2 N–H and O–H groups in total. The Morgan fingerprint density at radius 2 is 2.39 bits per heavy atom. The third-order valence-corrected chi connectivity index (χ3v) is 4.20. The van der Waals surface area contributed by atoms with Crippen molar-refractivity contribution in [2.45, 2.75) is 12.1 Å². The molecular weight excluding hydrogens is 250 g/mol. The molecule has 6 heteroatoms. The summed E-state index contributed by atoms with van der Waals surface area (Å²) in [4.78, 5) is 13.7. The predicted octanol–water partition coefficient (Wildman–Crippen LogP) is 1.30. The number of likely N-dealkylation sites (N-methyl/N-ethyl adjacent to an activating group) is 1. The fourth-order valence-electron chi connectivity index (χ4n) is 1.76. The minimum Gasteiger partial charge on any atom is -0.468 e. The van der Waals surface area contributed by atoms with E-state index >= 15 is 0 Å². The average molecular weight is 269 g/mol. The van der Waals surface area contributed by atoms with Crippen LogP contribution < -0.4 is 10.6 Å². The Balaban J connectivity index is 1.80. The van der Waals surface area contributed by atoms with Crippen molar-refractivity contribution in [3.05, 3.63) is 24.2 Å². The summed E-state index contributed by atoms with van der Waals surface area (Å²) < 4.78 is 5.39. The van der Waals surface area contributed by atoms with Crippen molar-refractivity contribution in [2.24, 2.45) is 0 Å². The summed E-state index contributed by atoms with van der Waals surface area (Å²) in [6, 6.07) is 4.07. The fraction of sp³-hybridized carbons (Fsp3) is 0.583. The summed E-state index contributed by atoms with van der Waals surface area (Å²) in [5.74, 6) is 2.89. The molecule has 18 heavy (non-hydrogen) atoms. The molecule has 0 spiro atoms. The van der Waals surface area contributed by atoms with Gasteiger partial charge < -0.3 is 15.1 Å². The van der Waals surface area contributed by atoms with E-state index in [1.54, 1.807) is 6.26 Å². The molecule has 2 rings (SSSR count). The molecule has 1 aliphatic rings. The van der Waals surface area contributed by atoms with Gasteiger partial charge in [-0.1, -0.05) is 0 Å². The zero-order valence-electron chi connectivity index (χ0n) is 10.7. The van der Waals surface area contributed by atoms with Crippen molar-refractivity contribution in [1.29, 1.82) is 0 Å². The smallest absolute Gasteiger partial charge is 0.315 e. The maximum Gasteiger partial charge on any atom is 0.315 e. The van der Waals surface area contributed by atoms with Crippen molar-refractivity contribution in [1.82, 2.24) is 15.5 Å². The Labute approximate surface area is 111 Å². The molecule has 1 aromatic rings. The van der Waals surface area contributed by atoms with Gasteiger partial charge in [0.15, 0.2) is 0 Å². The number of hydrogen-bond acceptors (Lipinski definition) is 4. The lowest BCUT2D eigenvalue weighted by molar-refractivity contribution is 0.223. The first-order valence-electron chi connectivity index (χ1n) is 5.98. The highest BCUT2D eigenvalue weighted by atomic mass is 32.2. The van der Waals surface area contributed by atoms with Crippen LogP contribution in [0, 0.1) is 0 Å². The van der Waals surface area contributed by atoms with Crippen LogP contribution in [0.4, 0.5) is 4.79 Å². The van der Waals surface area contributed by atoms with Crippen LogP contribution in [-0.4, -0.2) is 49.1 Å². The van der Waals surface area contributed by atoms with Gasteiger partial charge in [0.05, 0.1) is 12.3 Å². The maximum absolute atomic E-state index is 11.7. The molecule has 1 fully saturated rings. The summed E-state index contributed by atoms with van der Waals surface area (Å²) in [6.07, 6.45) is 1.65. The molecule has 0 aliphatic carbocycles. The number of rotatable bonds is 5. The second kappa shape index (κ2) is 6.15. The van der Waals surface area contributed by atoms with Crippen molar-refractivity contribution >= 4 is 17.8 Å². The molecule has 2 amide bonds. The summed E-state index contributed by atoms with van der Waals surface area (Å²) in [5.41, 5.74) is 0. The van der Waals surface area contributed by atoms with Gasteiger partial charge in [-0.2, -0.15) is 11.8 Å². The van der Waals surface area contributed by atoms with E-state index in [-0.39, 0.29) is 12.1 Å². The quantitative estimate of drug-likeness (QED) is 0.846. The topological polar surface area (TPSA) is 57.5 Å². The first-order valence-corrected chi connectivity index (χ1v) is 7.14. The van der Waals surface area contributed by atoms with E-state index in [9.17, 15) is 4.79 Å². The second-order valence-corrected chi connectivity index (χ2v) is 5.66.